The second-order valence-corrected chi connectivity index (χ2v) is 6.63. The second kappa shape index (κ2) is 15.3. The second-order valence-electron chi connectivity index (χ2n) is 5.65. The number of thioether (sulfide) groups is 1. The van der Waals surface area contributed by atoms with Crippen molar-refractivity contribution in [3.63, 3.8) is 0 Å². The maximum atomic E-state index is 5.83. The molecule has 4 heteroatoms. The van der Waals surface area contributed by atoms with Crippen molar-refractivity contribution in [3.05, 3.63) is 72.7 Å². The Morgan fingerprint density at radius 1 is 1.19 bits per heavy atom. The molecule has 2 rings (SSSR count). The Labute approximate surface area is 169 Å². The van der Waals surface area contributed by atoms with Crippen molar-refractivity contribution in [1.82, 2.24) is 4.90 Å². The number of ether oxygens (including phenoxy) is 2. The summed E-state index contributed by atoms with van der Waals surface area (Å²) >= 11 is 1.67. The molecule has 1 aromatic carbocycles. The minimum Gasteiger partial charge on any atom is -0.494 e. The van der Waals surface area contributed by atoms with Crippen LogP contribution < -0.4 is 4.74 Å². The van der Waals surface area contributed by atoms with Gasteiger partial charge in [-0.2, -0.15) is 0 Å². The molecule has 0 radical (unpaired) electrons. The molecule has 0 bridgehead atoms. The summed E-state index contributed by atoms with van der Waals surface area (Å²) < 4.78 is 11.2. The fourth-order valence-corrected chi connectivity index (χ4v) is 3.11. The van der Waals surface area contributed by atoms with Crippen molar-refractivity contribution in [3.8, 4) is 5.75 Å². The van der Waals surface area contributed by atoms with E-state index in [0.717, 1.165) is 57.2 Å². The van der Waals surface area contributed by atoms with Crippen molar-refractivity contribution in [2.24, 2.45) is 0 Å². The van der Waals surface area contributed by atoms with E-state index in [1.54, 1.807) is 17.8 Å². The van der Waals surface area contributed by atoms with E-state index in [2.05, 4.69) is 35.6 Å². The molecular weight excluding hydrogens is 354 g/mol. The summed E-state index contributed by atoms with van der Waals surface area (Å²) in [7, 11) is 0. The molecule has 1 aromatic rings. The Balaban J connectivity index is 0.00000176. The summed E-state index contributed by atoms with van der Waals surface area (Å²) in [4.78, 5) is 3.61. The fourth-order valence-electron chi connectivity index (χ4n) is 2.44. The quantitative estimate of drug-likeness (QED) is 0.291. The van der Waals surface area contributed by atoms with Crippen LogP contribution in [0.1, 0.15) is 20.3 Å². The van der Waals surface area contributed by atoms with Gasteiger partial charge in [-0.15, -0.1) is 0 Å². The molecule has 0 saturated carbocycles. The van der Waals surface area contributed by atoms with Gasteiger partial charge in [0.1, 0.15) is 5.75 Å². The van der Waals surface area contributed by atoms with E-state index in [1.165, 1.54) is 4.90 Å². The molecule has 1 heterocycles. The molecule has 0 N–H and O–H groups in total. The van der Waals surface area contributed by atoms with E-state index in [4.69, 9.17) is 9.47 Å². The minimum absolute atomic E-state index is 0.749. The van der Waals surface area contributed by atoms with Gasteiger partial charge in [-0.05, 0) is 47.7 Å². The van der Waals surface area contributed by atoms with Crippen LogP contribution in [0.15, 0.2) is 77.6 Å². The van der Waals surface area contributed by atoms with Gasteiger partial charge >= 0.3 is 0 Å². The molecule has 1 fully saturated rings. The molecule has 1 saturated heterocycles. The van der Waals surface area contributed by atoms with Crippen LogP contribution in [-0.4, -0.2) is 44.4 Å². The molecule has 0 atom stereocenters. The zero-order chi connectivity index (χ0) is 19.7. The SMILES string of the molecule is C=C/C=C(C=C)/C=C/Sc1ccc(OCCCN2CCOCC2)cc1.CC. The van der Waals surface area contributed by atoms with Crippen LogP contribution in [0.5, 0.6) is 5.75 Å². The third-order valence-corrected chi connectivity index (χ3v) is 4.64. The molecule has 148 valence electrons. The van der Waals surface area contributed by atoms with Crippen LogP contribution in [0.25, 0.3) is 0 Å². The highest BCUT2D eigenvalue weighted by Gasteiger charge is 2.09. The normalized spacial score (nSPS) is 15.1. The third-order valence-electron chi connectivity index (χ3n) is 3.83. The van der Waals surface area contributed by atoms with Crippen LogP contribution in [-0.2, 0) is 4.74 Å². The van der Waals surface area contributed by atoms with Crippen molar-refractivity contribution < 1.29 is 9.47 Å². The number of hydrogen-bond donors (Lipinski definition) is 0. The first-order valence-electron chi connectivity index (χ1n) is 9.63. The molecule has 3 nitrogen and oxygen atoms in total. The summed E-state index contributed by atoms with van der Waals surface area (Å²) in [6.07, 6.45) is 8.57. The Hall–Kier alpha value is -1.75. The highest BCUT2D eigenvalue weighted by atomic mass is 32.2. The van der Waals surface area contributed by atoms with Crippen molar-refractivity contribution >= 4 is 11.8 Å². The standard InChI is InChI=1S/C21H27NO2S.C2H6/c1-3-6-19(4-2)11-18-25-21-9-7-20(8-10-21)24-15-5-12-22-13-16-23-17-14-22;1-2/h3-4,6-11,18H,1-2,5,12-17H2;1-2H3/b18-11+,19-6+;. The maximum absolute atomic E-state index is 5.83. The predicted octanol–water partition coefficient (Wildman–Crippen LogP) is 5.72. The molecular formula is C23H33NO2S. The van der Waals surface area contributed by atoms with Gasteiger partial charge in [0, 0.05) is 24.5 Å². The molecule has 0 aliphatic carbocycles. The highest BCUT2D eigenvalue weighted by molar-refractivity contribution is 8.02. The van der Waals surface area contributed by atoms with Gasteiger partial charge < -0.3 is 9.47 Å². The summed E-state index contributed by atoms with van der Waals surface area (Å²) in [6.45, 7) is 17.1. The molecule has 0 aromatic heterocycles. The smallest absolute Gasteiger partial charge is 0.119 e. The summed E-state index contributed by atoms with van der Waals surface area (Å²) in [6, 6.07) is 8.21. The minimum atomic E-state index is 0.749. The monoisotopic (exact) mass is 387 g/mol. The Kier molecular flexibility index (Phi) is 13.2. The molecule has 27 heavy (non-hydrogen) atoms. The van der Waals surface area contributed by atoms with Gasteiger partial charge in [0.15, 0.2) is 0 Å². The van der Waals surface area contributed by atoms with Gasteiger partial charge in [-0.1, -0.05) is 57.0 Å². The summed E-state index contributed by atoms with van der Waals surface area (Å²) in [5.41, 5.74) is 1.04. The summed E-state index contributed by atoms with van der Waals surface area (Å²) in [5.74, 6) is 0.925. The lowest BCUT2D eigenvalue weighted by atomic mass is 10.2. The maximum Gasteiger partial charge on any atom is 0.119 e. The highest BCUT2D eigenvalue weighted by Crippen LogP contribution is 2.23. The Morgan fingerprint density at radius 3 is 2.52 bits per heavy atom. The van der Waals surface area contributed by atoms with Crippen molar-refractivity contribution in [2.45, 2.75) is 25.2 Å². The molecule has 1 aliphatic rings. The first kappa shape index (κ1) is 23.3. The van der Waals surface area contributed by atoms with Crippen molar-refractivity contribution in [2.75, 3.05) is 39.5 Å². The number of morpholine rings is 1. The lowest BCUT2D eigenvalue weighted by Crippen LogP contribution is -2.37. The van der Waals surface area contributed by atoms with Gasteiger partial charge in [0.2, 0.25) is 0 Å². The Bertz CT molecular complexity index is 587. The predicted molar refractivity (Wildman–Crippen MR) is 119 cm³/mol. The Morgan fingerprint density at radius 2 is 1.89 bits per heavy atom. The van der Waals surface area contributed by atoms with E-state index in [9.17, 15) is 0 Å². The number of benzene rings is 1. The van der Waals surface area contributed by atoms with Crippen molar-refractivity contribution in [1.29, 1.82) is 0 Å². The average molecular weight is 388 g/mol. The largest absolute Gasteiger partial charge is 0.494 e. The zero-order valence-corrected chi connectivity index (χ0v) is 17.5. The molecule has 1 aliphatic heterocycles. The molecule has 0 spiro atoms. The fraction of sp³-hybridized carbons (Fsp3) is 0.391. The lowest BCUT2D eigenvalue weighted by Gasteiger charge is -2.26. The number of rotatable bonds is 10. The van der Waals surface area contributed by atoms with Crippen LogP contribution in [0.2, 0.25) is 0 Å². The van der Waals surface area contributed by atoms with Gasteiger partial charge in [0.05, 0.1) is 19.8 Å². The van der Waals surface area contributed by atoms with E-state index in [0.29, 0.717) is 0 Å². The molecule has 0 unspecified atom stereocenters. The summed E-state index contributed by atoms with van der Waals surface area (Å²) in [5, 5.41) is 2.05. The lowest BCUT2D eigenvalue weighted by molar-refractivity contribution is 0.0358. The van der Waals surface area contributed by atoms with Gasteiger partial charge in [-0.3, -0.25) is 4.90 Å². The third kappa shape index (κ3) is 10.2. The van der Waals surface area contributed by atoms with Crippen LogP contribution in [0.4, 0.5) is 0 Å². The molecule has 0 amide bonds. The van der Waals surface area contributed by atoms with Crippen LogP contribution in [0, 0.1) is 0 Å². The first-order chi connectivity index (χ1) is 13.3. The van der Waals surface area contributed by atoms with E-state index in [-0.39, 0.29) is 0 Å². The van der Waals surface area contributed by atoms with Crippen LogP contribution >= 0.6 is 11.8 Å². The van der Waals surface area contributed by atoms with Crippen LogP contribution in [0.3, 0.4) is 0 Å². The van der Waals surface area contributed by atoms with E-state index >= 15 is 0 Å². The zero-order valence-electron chi connectivity index (χ0n) is 16.7. The van der Waals surface area contributed by atoms with Gasteiger partial charge in [0.25, 0.3) is 0 Å². The topological polar surface area (TPSA) is 21.7 Å². The van der Waals surface area contributed by atoms with E-state index in [1.807, 2.05) is 44.2 Å². The number of hydrogen-bond acceptors (Lipinski definition) is 4. The average Bonchev–Trinajstić information content (AvgIpc) is 2.74. The van der Waals surface area contributed by atoms with E-state index < -0.39 is 0 Å². The number of nitrogens with zero attached hydrogens (tertiary/aromatic N) is 1. The number of allylic oxidation sites excluding steroid dienone is 5. The first-order valence-corrected chi connectivity index (χ1v) is 10.5. The van der Waals surface area contributed by atoms with Gasteiger partial charge in [-0.25, -0.2) is 0 Å².